The molecule has 0 saturated carbocycles. The van der Waals surface area contributed by atoms with Gasteiger partial charge in [-0.3, -0.25) is 4.79 Å². The first-order valence-electron chi connectivity index (χ1n) is 8.64. The zero-order valence-corrected chi connectivity index (χ0v) is 16.2. The molecular weight excluding hydrogens is 382 g/mol. The summed E-state index contributed by atoms with van der Waals surface area (Å²) in [5.74, 6) is 0.742. The second kappa shape index (κ2) is 7.62. The predicted octanol–water partition coefficient (Wildman–Crippen LogP) is 3.89. The number of amides is 1. The number of carbonyl (C=O) groups is 1. The molecular formula is C19H18ClN5OS. The molecule has 6 nitrogen and oxygen atoms in total. The van der Waals surface area contributed by atoms with Crippen LogP contribution in [0.1, 0.15) is 24.4 Å². The molecule has 0 bridgehead atoms. The van der Waals surface area contributed by atoms with Crippen LogP contribution in [0.25, 0.3) is 0 Å². The molecule has 2 N–H and O–H groups in total. The molecule has 27 heavy (non-hydrogen) atoms. The third-order valence-corrected chi connectivity index (χ3v) is 5.82. The number of hydrogen-bond acceptors (Lipinski definition) is 5. The van der Waals surface area contributed by atoms with E-state index in [0.29, 0.717) is 15.9 Å². The lowest BCUT2D eigenvalue weighted by Gasteiger charge is -2.32. The Hall–Kier alpha value is -2.51. The average molecular weight is 400 g/mol. The summed E-state index contributed by atoms with van der Waals surface area (Å²) < 4.78 is 1.88. The van der Waals surface area contributed by atoms with Crippen molar-refractivity contribution in [3.8, 4) is 0 Å². The number of hydrogen-bond donors (Lipinski definition) is 2. The molecule has 4 rings (SSSR count). The van der Waals surface area contributed by atoms with Gasteiger partial charge >= 0.3 is 0 Å². The number of rotatable bonds is 4. The summed E-state index contributed by atoms with van der Waals surface area (Å²) in [6, 6.07) is 16.8. The number of aromatic nitrogens is 3. The van der Waals surface area contributed by atoms with Crippen LogP contribution in [-0.2, 0) is 11.2 Å². The van der Waals surface area contributed by atoms with Crippen LogP contribution in [0.15, 0.2) is 59.8 Å². The monoisotopic (exact) mass is 399 g/mol. The number of nitrogens with one attached hydrogen (secondary N) is 2. The first-order valence-corrected chi connectivity index (χ1v) is 9.90. The van der Waals surface area contributed by atoms with Crippen molar-refractivity contribution in [3.63, 3.8) is 0 Å². The first-order chi connectivity index (χ1) is 13.2. The summed E-state index contributed by atoms with van der Waals surface area (Å²) in [5.41, 5.74) is 5.16. The average Bonchev–Trinajstić information content (AvgIpc) is 3.11. The summed E-state index contributed by atoms with van der Waals surface area (Å²) in [5, 5.41) is 12.3. The number of aryl methyl sites for hydroxylation is 1. The van der Waals surface area contributed by atoms with E-state index in [4.69, 9.17) is 11.6 Å². The van der Waals surface area contributed by atoms with E-state index >= 15 is 0 Å². The molecule has 2 aromatic carbocycles. The second-order valence-electron chi connectivity index (χ2n) is 6.14. The van der Waals surface area contributed by atoms with Gasteiger partial charge in [-0.1, -0.05) is 60.6 Å². The largest absolute Gasteiger partial charge is 0.325 e. The number of nitrogens with zero attached hydrogens (tertiary/aromatic N) is 3. The van der Waals surface area contributed by atoms with Crippen molar-refractivity contribution in [2.45, 2.75) is 29.8 Å². The van der Waals surface area contributed by atoms with Crippen molar-refractivity contribution < 1.29 is 4.79 Å². The Kier molecular flexibility index (Phi) is 5.05. The van der Waals surface area contributed by atoms with Crippen molar-refractivity contribution in [2.24, 2.45) is 0 Å². The van der Waals surface area contributed by atoms with Crippen LogP contribution in [0, 0.1) is 0 Å². The quantitative estimate of drug-likeness (QED) is 0.696. The van der Waals surface area contributed by atoms with E-state index in [1.165, 1.54) is 11.8 Å². The first kappa shape index (κ1) is 17.9. The Morgan fingerprint density at radius 2 is 1.93 bits per heavy atom. The van der Waals surface area contributed by atoms with E-state index in [2.05, 4.69) is 20.9 Å². The van der Waals surface area contributed by atoms with Gasteiger partial charge in [-0.05, 0) is 29.8 Å². The maximum atomic E-state index is 13.1. The van der Waals surface area contributed by atoms with E-state index in [1.54, 1.807) is 24.3 Å². The van der Waals surface area contributed by atoms with Gasteiger partial charge in [0.25, 0.3) is 0 Å². The van der Waals surface area contributed by atoms with Gasteiger partial charge in [-0.2, -0.15) is 0 Å². The van der Waals surface area contributed by atoms with Crippen LogP contribution in [-0.4, -0.2) is 26.0 Å². The summed E-state index contributed by atoms with van der Waals surface area (Å²) in [6.45, 7) is 2.03. The molecule has 1 aromatic heterocycles. The van der Waals surface area contributed by atoms with Crippen LogP contribution < -0.4 is 10.7 Å². The fraction of sp³-hybridized carbons (Fsp3) is 0.211. The van der Waals surface area contributed by atoms with Gasteiger partial charge in [0, 0.05) is 17.1 Å². The Balaban J connectivity index is 1.65. The smallest absolute Gasteiger partial charge is 0.240 e. The highest BCUT2D eigenvalue weighted by Gasteiger charge is 2.37. The zero-order chi connectivity index (χ0) is 18.8. The molecule has 8 heteroatoms. The molecule has 0 unspecified atom stereocenters. The maximum Gasteiger partial charge on any atom is 0.240 e. The van der Waals surface area contributed by atoms with Gasteiger partial charge in [0.15, 0.2) is 5.82 Å². The molecule has 0 aliphatic carbocycles. The molecule has 0 radical (unpaired) electrons. The highest BCUT2D eigenvalue weighted by Crippen LogP contribution is 2.37. The molecule has 138 valence electrons. The molecule has 3 aromatic rings. The Morgan fingerprint density at radius 1 is 1.19 bits per heavy atom. The SMILES string of the molecule is CCc1nnc2n1N[C@H](c1ccccc1)[C@@H](C(=O)Nc1ccc(Cl)cc1)S2. The lowest BCUT2D eigenvalue weighted by molar-refractivity contribution is -0.116. The molecule has 1 aliphatic rings. The van der Waals surface area contributed by atoms with Crippen LogP contribution in [0.3, 0.4) is 0 Å². The van der Waals surface area contributed by atoms with Gasteiger partial charge in [-0.25, -0.2) is 4.68 Å². The van der Waals surface area contributed by atoms with E-state index in [1.807, 2.05) is 41.9 Å². The number of anilines is 1. The Bertz CT molecular complexity index is 944. The van der Waals surface area contributed by atoms with Crippen LogP contribution in [0.2, 0.25) is 5.02 Å². The Morgan fingerprint density at radius 3 is 2.63 bits per heavy atom. The topological polar surface area (TPSA) is 71.8 Å². The fourth-order valence-corrected chi connectivity index (χ4v) is 4.21. The third kappa shape index (κ3) is 3.65. The molecule has 0 spiro atoms. The summed E-state index contributed by atoms with van der Waals surface area (Å²) in [4.78, 5) is 13.1. The van der Waals surface area contributed by atoms with E-state index < -0.39 is 5.25 Å². The van der Waals surface area contributed by atoms with Gasteiger partial charge in [0.2, 0.25) is 11.1 Å². The minimum Gasteiger partial charge on any atom is -0.325 e. The molecule has 2 atom stereocenters. The van der Waals surface area contributed by atoms with Crippen molar-refractivity contribution in [1.82, 2.24) is 14.9 Å². The predicted molar refractivity (Wildman–Crippen MR) is 108 cm³/mol. The zero-order valence-electron chi connectivity index (χ0n) is 14.6. The minimum atomic E-state index is -0.399. The summed E-state index contributed by atoms with van der Waals surface area (Å²) in [6.07, 6.45) is 0.754. The van der Waals surface area contributed by atoms with E-state index in [9.17, 15) is 4.79 Å². The Labute approximate surface area is 166 Å². The van der Waals surface area contributed by atoms with Gasteiger partial charge in [-0.15, -0.1) is 10.2 Å². The third-order valence-electron chi connectivity index (χ3n) is 4.35. The maximum absolute atomic E-state index is 13.1. The van der Waals surface area contributed by atoms with Crippen LogP contribution >= 0.6 is 23.4 Å². The van der Waals surface area contributed by atoms with Gasteiger partial charge in [0.05, 0.1) is 6.04 Å². The molecule has 2 heterocycles. The van der Waals surface area contributed by atoms with Gasteiger partial charge < -0.3 is 10.7 Å². The summed E-state index contributed by atoms with van der Waals surface area (Å²) in [7, 11) is 0. The normalized spacial score (nSPS) is 18.4. The van der Waals surface area contributed by atoms with Crippen LogP contribution in [0.4, 0.5) is 5.69 Å². The van der Waals surface area contributed by atoms with Gasteiger partial charge in [0.1, 0.15) is 5.25 Å². The highest BCUT2D eigenvalue weighted by molar-refractivity contribution is 8.00. The fourth-order valence-electron chi connectivity index (χ4n) is 2.98. The van der Waals surface area contributed by atoms with Crippen molar-refractivity contribution >= 4 is 35.0 Å². The number of thioether (sulfide) groups is 1. The number of carbonyl (C=O) groups excluding carboxylic acids is 1. The lowest BCUT2D eigenvalue weighted by atomic mass is 10.0. The van der Waals surface area contributed by atoms with Crippen LogP contribution in [0.5, 0.6) is 0 Å². The minimum absolute atomic E-state index is 0.101. The molecule has 1 aliphatic heterocycles. The van der Waals surface area contributed by atoms with E-state index in [0.717, 1.165) is 17.8 Å². The van der Waals surface area contributed by atoms with E-state index in [-0.39, 0.29) is 11.9 Å². The molecule has 1 amide bonds. The lowest BCUT2D eigenvalue weighted by Crippen LogP contribution is -2.41. The molecule has 0 fully saturated rings. The number of benzene rings is 2. The highest BCUT2D eigenvalue weighted by atomic mass is 35.5. The van der Waals surface area contributed by atoms with Crippen molar-refractivity contribution in [2.75, 3.05) is 10.7 Å². The van der Waals surface area contributed by atoms with Crippen molar-refractivity contribution in [3.05, 3.63) is 71.0 Å². The number of halogens is 1. The summed E-state index contributed by atoms with van der Waals surface area (Å²) >= 11 is 7.34. The molecule has 0 saturated heterocycles. The van der Waals surface area contributed by atoms with Crippen molar-refractivity contribution in [1.29, 1.82) is 0 Å². The number of fused-ring (bicyclic) bond motifs is 1. The standard InChI is InChI=1S/C19H18ClN5OS/c1-2-15-22-23-19-25(15)24-16(12-6-4-3-5-7-12)17(27-19)18(26)21-14-10-8-13(20)9-11-14/h3-11,16-17,24H,2H2,1H3,(H,21,26)/t16-,17+/m1/s1. The second-order valence-corrected chi connectivity index (χ2v) is 7.68.